The summed E-state index contributed by atoms with van der Waals surface area (Å²) < 4.78 is 41.1. The molecular formula is C44H49F3N8O10S. The maximum Gasteiger partial charge on any atom is 0.490 e. The van der Waals surface area contributed by atoms with Crippen LogP contribution in [-0.4, -0.2) is 99.3 Å². The Labute approximate surface area is 381 Å². The topological polar surface area (TPSA) is 237 Å². The largest absolute Gasteiger partial charge is 0.490 e. The Morgan fingerprint density at radius 2 is 1.65 bits per heavy atom. The summed E-state index contributed by atoms with van der Waals surface area (Å²) in [6.45, 7) is 2.03. The minimum absolute atomic E-state index is 0.110. The number of benzene rings is 4. The number of carboxylic acids is 1. The SMILES string of the molecule is COC(=O)CC1Nc2ccc(C(=O)N(CCCCCCNC(=O)c3ccc(NNCc4ccccc4SOOO)cc3)Cc3nc4ccccc4[nH]3)cc2CN(C)C1=O.O=C(O)C(F)(F)F. The Hall–Kier alpha value is -6.72. The average molecular weight is 939 g/mol. The lowest BCUT2D eigenvalue weighted by molar-refractivity contribution is -0.432. The maximum absolute atomic E-state index is 14.1. The summed E-state index contributed by atoms with van der Waals surface area (Å²) in [7, 11) is 2.96. The fraction of sp³-hybridized carbons (Fsp3) is 0.318. The number of alkyl halides is 3. The monoisotopic (exact) mass is 938 g/mol. The number of hydrogen-bond donors (Lipinski definition) is 7. The van der Waals surface area contributed by atoms with Crippen LogP contribution < -0.4 is 21.5 Å². The standard InChI is InChI=1S/C42H48N8O8S.C2HF3O2/c1-49-26-31-23-29(17-20-33(31)45-36(42(49)54)24-39(51)56-2)41(53)50(27-38-46-34-12-6-7-13-35(34)47-38)22-10-4-3-9-21-43-40(52)28-15-18-32(19-16-28)48-44-25-30-11-5-8-14-37(30)59-58-57-55;3-2(4,5)1(6)7/h5-8,11-20,23,36,44-45,48,55H,3-4,9-10,21-22,24-27H2,1-2H3,(H,43,52)(H,46,47);(H,6,7). The molecule has 3 amide bonds. The van der Waals surface area contributed by atoms with Crippen molar-refractivity contribution in [2.75, 3.05) is 38.0 Å². The van der Waals surface area contributed by atoms with Gasteiger partial charge in [-0.2, -0.15) is 13.2 Å². The highest BCUT2D eigenvalue weighted by molar-refractivity contribution is 7.94. The molecule has 0 saturated heterocycles. The molecule has 0 fully saturated rings. The van der Waals surface area contributed by atoms with Crippen molar-refractivity contribution in [2.45, 2.75) is 68.9 Å². The fourth-order valence-corrected chi connectivity index (χ4v) is 7.23. The zero-order chi connectivity index (χ0) is 47.6. The number of esters is 1. The van der Waals surface area contributed by atoms with Gasteiger partial charge in [-0.05, 0) is 84.6 Å². The number of rotatable bonds is 20. The van der Waals surface area contributed by atoms with E-state index in [4.69, 9.17) is 24.9 Å². The Balaban J connectivity index is 0.00000108. The first-order chi connectivity index (χ1) is 31.7. The summed E-state index contributed by atoms with van der Waals surface area (Å²) in [5.74, 6) is -3.13. The third kappa shape index (κ3) is 14.9. The predicted octanol–water partition coefficient (Wildman–Crippen LogP) is 6.69. The van der Waals surface area contributed by atoms with Crippen LogP contribution in [0.3, 0.4) is 0 Å². The number of halogens is 3. The van der Waals surface area contributed by atoms with Gasteiger partial charge >= 0.3 is 18.1 Å². The van der Waals surface area contributed by atoms with E-state index in [0.717, 1.165) is 70.5 Å². The molecule has 0 spiro atoms. The summed E-state index contributed by atoms with van der Waals surface area (Å²) in [5, 5.41) is 25.4. The first-order valence-corrected chi connectivity index (χ1v) is 21.2. The van der Waals surface area contributed by atoms with E-state index in [1.165, 1.54) is 7.11 Å². The molecule has 2 heterocycles. The van der Waals surface area contributed by atoms with Crippen LogP contribution in [0.5, 0.6) is 0 Å². The number of carboxylic acid groups (broad SMARTS) is 1. The van der Waals surface area contributed by atoms with Gasteiger partial charge in [-0.3, -0.25) is 19.2 Å². The molecule has 7 N–H and O–H groups in total. The molecule has 0 saturated carbocycles. The number of anilines is 2. The highest BCUT2D eigenvalue weighted by atomic mass is 32.2. The lowest BCUT2D eigenvalue weighted by atomic mass is 10.1. The molecule has 1 atom stereocenters. The van der Waals surface area contributed by atoms with Gasteiger partial charge in [0.2, 0.25) is 5.91 Å². The van der Waals surface area contributed by atoms with Crippen molar-refractivity contribution in [3.8, 4) is 0 Å². The van der Waals surface area contributed by atoms with Gasteiger partial charge < -0.3 is 40.7 Å². The number of unbranched alkanes of at least 4 members (excludes halogenated alkanes) is 3. The molecular weight excluding hydrogens is 890 g/mol. The van der Waals surface area contributed by atoms with Gasteiger partial charge in [0, 0.05) is 60.6 Å². The molecule has 0 radical (unpaired) electrons. The van der Waals surface area contributed by atoms with E-state index in [-0.39, 0.29) is 37.2 Å². The third-order valence-electron chi connectivity index (χ3n) is 10.1. The average Bonchev–Trinajstić information content (AvgIpc) is 3.68. The Morgan fingerprint density at radius 1 is 0.955 bits per heavy atom. The highest BCUT2D eigenvalue weighted by Gasteiger charge is 2.38. The van der Waals surface area contributed by atoms with Gasteiger partial charge in [-0.15, -0.1) is 4.33 Å². The molecule has 5 aromatic rings. The lowest BCUT2D eigenvalue weighted by Crippen LogP contribution is -2.39. The maximum atomic E-state index is 14.1. The Morgan fingerprint density at radius 3 is 2.36 bits per heavy atom. The molecule has 0 aliphatic carbocycles. The van der Waals surface area contributed by atoms with E-state index in [2.05, 4.69) is 35.8 Å². The van der Waals surface area contributed by atoms with Crippen molar-refractivity contribution in [3.63, 3.8) is 0 Å². The van der Waals surface area contributed by atoms with Crippen molar-refractivity contribution in [2.24, 2.45) is 0 Å². The highest BCUT2D eigenvalue weighted by Crippen LogP contribution is 2.27. The number of nitrogens with zero attached hydrogens (tertiary/aromatic N) is 3. The van der Waals surface area contributed by atoms with E-state index in [9.17, 15) is 32.3 Å². The molecule has 22 heteroatoms. The van der Waals surface area contributed by atoms with Crippen LogP contribution in [-0.2, 0) is 48.1 Å². The normalized spacial score (nSPS) is 13.4. The van der Waals surface area contributed by atoms with E-state index in [1.54, 1.807) is 47.2 Å². The van der Waals surface area contributed by atoms with Crippen LogP contribution in [0.15, 0.2) is 95.9 Å². The van der Waals surface area contributed by atoms with Crippen molar-refractivity contribution >= 4 is 64.1 Å². The molecule has 18 nitrogen and oxygen atoms in total. The number of H-pyrrole nitrogens is 1. The minimum atomic E-state index is -5.08. The first-order valence-electron chi connectivity index (χ1n) is 20.5. The first kappa shape index (κ1) is 50.3. The second-order valence-corrected chi connectivity index (χ2v) is 15.6. The van der Waals surface area contributed by atoms with Gasteiger partial charge in [-0.1, -0.05) is 48.2 Å². The molecule has 66 heavy (non-hydrogen) atoms. The van der Waals surface area contributed by atoms with E-state index in [0.29, 0.717) is 42.3 Å². The fourth-order valence-electron chi connectivity index (χ4n) is 6.75. The summed E-state index contributed by atoms with van der Waals surface area (Å²) in [4.78, 5) is 73.0. The number of para-hydroxylation sites is 2. The van der Waals surface area contributed by atoms with Crippen molar-refractivity contribution in [1.29, 1.82) is 0 Å². The van der Waals surface area contributed by atoms with E-state index in [1.807, 2.05) is 60.7 Å². The van der Waals surface area contributed by atoms with Crippen molar-refractivity contribution < 1.29 is 61.6 Å². The number of nitrogens with one attached hydrogen (secondary N) is 5. The van der Waals surface area contributed by atoms with Crippen molar-refractivity contribution in [3.05, 3.63) is 119 Å². The van der Waals surface area contributed by atoms with Gasteiger partial charge in [0.25, 0.3) is 11.8 Å². The quantitative estimate of drug-likeness (QED) is 0.0142. The van der Waals surface area contributed by atoms with Crippen LogP contribution in [0.25, 0.3) is 11.0 Å². The number of carbonyl (C=O) groups excluding carboxylic acids is 4. The number of aromatic nitrogens is 2. The van der Waals surface area contributed by atoms with Gasteiger partial charge in [-0.25, -0.2) is 20.5 Å². The number of ether oxygens (including phenoxy) is 1. The second-order valence-electron chi connectivity index (χ2n) is 14.8. The zero-order valence-corrected chi connectivity index (χ0v) is 36.7. The molecule has 352 valence electrons. The summed E-state index contributed by atoms with van der Waals surface area (Å²) in [5.41, 5.74) is 12.1. The molecule has 0 bridgehead atoms. The smallest absolute Gasteiger partial charge is 0.475 e. The minimum Gasteiger partial charge on any atom is -0.475 e. The van der Waals surface area contributed by atoms with Gasteiger partial charge in [0.05, 0.1) is 43.2 Å². The molecule has 1 aromatic heterocycles. The van der Waals surface area contributed by atoms with Gasteiger partial charge in [0.15, 0.2) is 0 Å². The number of carbonyl (C=O) groups is 5. The number of hydrogen-bond acceptors (Lipinski definition) is 14. The number of hydrazine groups is 1. The second kappa shape index (κ2) is 24.5. The van der Waals surface area contributed by atoms with E-state index < -0.39 is 24.2 Å². The predicted molar refractivity (Wildman–Crippen MR) is 236 cm³/mol. The molecule has 1 aliphatic heterocycles. The summed E-state index contributed by atoms with van der Waals surface area (Å²) >= 11 is 0.897. The van der Waals surface area contributed by atoms with Gasteiger partial charge in [0.1, 0.15) is 11.9 Å². The Kier molecular flexibility index (Phi) is 18.7. The number of imidazole rings is 1. The number of aromatic amines is 1. The van der Waals surface area contributed by atoms with E-state index >= 15 is 0 Å². The lowest BCUT2D eigenvalue weighted by Gasteiger charge is -2.23. The molecule has 1 aliphatic rings. The molecule has 6 rings (SSSR count). The van der Waals surface area contributed by atoms with Crippen LogP contribution in [0.2, 0.25) is 0 Å². The van der Waals surface area contributed by atoms with Crippen LogP contribution in [0.4, 0.5) is 24.5 Å². The third-order valence-corrected chi connectivity index (χ3v) is 10.8. The molecule has 4 aromatic carbocycles. The van der Waals surface area contributed by atoms with Crippen LogP contribution in [0.1, 0.15) is 69.8 Å². The van der Waals surface area contributed by atoms with Crippen LogP contribution >= 0.6 is 12.0 Å². The van der Waals surface area contributed by atoms with Crippen molar-refractivity contribution in [1.82, 2.24) is 30.5 Å². The number of methoxy groups -OCH3 is 1. The van der Waals surface area contributed by atoms with Crippen LogP contribution in [0, 0.1) is 0 Å². The summed E-state index contributed by atoms with van der Waals surface area (Å²) in [6, 6.07) is 26.9. The molecule has 1 unspecified atom stereocenters. The summed E-state index contributed by atoms with van der Waals surface area (Å²) in [6.07, 6.45) is -1.96. The Bertz CT molecular complexity index is 2410. The number of likely N-dealkylation sites (N-methyl/N-ethyl adjacent to an activating group) is 1. The number of fused-ring (bicyclic) bond motifs is 2. The number of amides is 3. The zero-order valence-electron chi connectivity index (χ0n) is 35.9. The number of aliphatic carboxylic acids is 1.